The second-order valence-electron chi connectivity index (χ2n) is 15.0. The molecule has 0 amide bonds. The predicted molar refractivity (Wildman–Crippen MR) is 197 cm³/mol. The fourth-order valence-corrected chi connectivity index (χ4v) is 13.2. The second kappa shape index (κ2) is 13.2. The lowest BCUT2D eigenvalue weighted by atomic mass is 9.35. The van der Waals surface area contributed by atoms with Crippen LogP contribution in [0, 0.1) is 5.92 Å². The van der Waals surface area contributed by atoms with Crippen LogP contribution in [0.3, 0.4) is 0 Å². The van der Waals surface area contributed by atoms with Gasteiger partial charge in [0, 0.05) is 8.07 Å². The molecule has 0 radical (unpaired) electrons. The minimum Gasteiger partial charge on any atom is -0.390 e. The van der Waals surface area contributed by atoms with Crippen molar-refractivity contribution in [3.05, 3.63) is 156 Å². The summed E-state index contributed by atoms with van der Waals surface area (Å²) in [4.78, 5) is 0. The Morgan fingerprint density at radius 2 is 1.00 bits per heavy atom. The SMILES string of the molecule is C[Si](C)(C)[C@H]1B(C/C=C\B2OC(c3ccccc3)(c3ccccc3)C(c3ccccc3)(c3ccccc3)O2)C2CCCC1CCC2. The van der Waals surface area contributed by atoms with Gasteiger partial charge in [-0.3, -0.25) is 0 Å². The molecule has 0 spiro atoms. The molecule has 3 aliphatic heterocycles. The van der Waals surface area contributed by atoms with Crippen molar-refractivity contribution >= 4 is 21.9 Å². The lowest BCUT2D eigenvalue weighted by molar-refractivity contribution is 0.00370. The Bertz CT molecular complexity index is 1410. The lowest BCUT2D eigenvalue weighted by Crippen LogP contribution is -2.48. The van der Waals surface area contributed by atoms with E-state index in [-0.39, 0.29) is 0 Å². The number of benzene rings is 4. The molecule has 0 aromatic heterocycles. The maximum Gasteiger partial charge on any atom is 0.487 e. The molecule has 2 bridgehead atoms. The van der Waals surface area contributed by atoms with Crippen molar-refractivity contribution in [2.75, 3.05) is 0 Å². The fraction of sp³-hybridized carbons (Fsp3) is 0.366. The third-order valence-electron chi connectivity index (χ3n) is 11.4. The number of rotatable bonds is 8. The highest BCUT2D eigenvalue weighted by Gasteiger charge is 2.65. The summed E-state index contributed by atoms with van der Waals surface area (Å²) in [5, 5.41) is 0. The van der Waals surface area contributed by atoms with Gasteiger partial charge in [0.1, 0.15) is 17.9 Å². The fourth-order valence-electron chi connectivity index (χ4n) is 9.77. The highest BCUT2D eigenvalue weighted by atomic mass is 28.3. The lowest BCUT2D eigenvalue weighted by Gasteiger charge is -2.46. The minimum atomic E-state index is -1.34. The molecular formula is C41H48B2O2Si. The van der Waals surface area contributed by atoms with E-state index >= 15 is 0 Å². The molecule has 1 atom stereocenters. The van der Waals surface area contributed by atoms with Crippen molar-refractivity contribution in [1.29, 1.82) is 0 Å². The van der Waals surface area contributed by atoms with Crippen molar-refractivity contribution in [1.82, 2.24) is 0 Å². The molecule has 2 nitrogen and oxygen atoms in total. The quantitative estimate of drug-likeness (QED) is 0.182. The van der Waals surface area contributed by atoms with Crippen LogP contribution in [-0.2, 0) is 20.5 Å². The Labute approximate surface area is 278 Å². The normalized spacial score (nSPS) is 24.2. The van der Waals surface area contributed by atoms with Gasteiger partial charge in [-0.25, -0.2) is 0 Å². The summed E-state index contributed by atoms with van der Waals surface area (Å²) >= 11 is 0. The van der Waals surface area contributed by atoms with E-state index in [2.05, 4.69) is 153 Å². The summed E-state index contributed by atoms with van der Waals surface area (Å²) in [7, 11) is -1.86. The van der Waals surface area contributed by atoms with Gasteiger partial charge in [-0.1, -0.05) is 209 Å². The van der Waals surface area contributed by atoms with Gasteiger partial charge in [-0.05, 0) is 28.2 Å². The summed E-state index contributed by atoms with van der Waals surface area (Å²) in [6.07, 6.45) is 12.1. The van der Waals surface area contributed by atoms with Crippen LogP contribution in [-0.4, -0.2) is 21.9 Å². The zero-order chi connectivity index (χ0) is 31.6. The summed E-state index contributed by atoms with van der Waals surface area (Å²) in [6.45, 7) is 8.64. The van der Waals surface area contributed by atoms with Crippen molar-refractivity contribution in [3.63, 3.8) is 0 Å². The summed E-state index contributed by atoms with van der Waals surface area (Å²) in [6, 6.07) is 42.9. The third kappa shape index (κ3) is 5.59. The molecule has 3 fully saturated rings. The maximum atomic E-state index is 7.44. The monoisotopic (exact) mass is 622 g/mol. The zero-order valence-electron chi connectivity index (χ0n) is 27.9. The average Bonchev–Trinajstić information content (AvgIpc) is 3.19. The number of hydrogen-bond acceptors (Lipinski definition) is 2. The van der Waals surface area contributed by atoms with E-state index in [1.165, 1.54) is 38.5 Å². The summed E-state index contributed by atoms with van der Waals surface area (Å²) < 4.78 is 14.9. The molecule has 3 saturated heterocycles. The maximum absolute atomic E-state index is 7.44. The molecular weight excluding hydrogens is 574 g/mol. The van der Waals surface area contributed by atoms with Crippen molar-refractivity contribution in [3.8, 4) is 0 Å². The van der Waals surface area contributed by atoms with Gasteiger partial charge in [0.15, 0.2) is 0 Å². The van der Waals surface area contributed by atoms with Crippen LogP contribution in [0.5, 0.6) is 0 Å². The van der Waals surface area contributed by atoms with E-state index in [0.29, 0.717) is 0 Å². The van der Waals surface area contributed by atoms with Gasteiger partial charge in [0.25, 0.3) is 0 Å². The predicted octanol–water partition coefficient (Wildman–Crippen LogP) is 10.6. The van der Waals surface area contributed by atoms with Gasteiger partial charge in [-0.2, -0.15) is 0 Å². The van der Waals surface area contributed by atoms with Crippen LogP contribution >= 0.6 is 0 Å². The van der Waals surface area contributed by atoms with Gasteiger partial charge >= 0.3 is 7.12 Å². The van der Waals surface area contributed by atoms with Gasteiger partial charge in [0.2, 0.25) is 0 Å². The molecule has 0 N–H and O–H groups in total. The molecule has 0 saturated carbocycles. The van der Waals surface area contributed by atoms with E-state index < -0.39 is 26.4 Å². The van der Waals surface area contributed by atoms with Gasteiger partial charge < -0.3 is 9.31 Å². The highest BCUT2D eigenvalue weighted by Crippen LogP contribution is 2.59. The van der Waals surface area contributed by atoms with Crippen molar-refractivity contribution in [2.45, 2.75) is 86.9 Å². The van der Waals surface area contributed by atoms with Crippen molar-refractivity contribution < 1.29 is 9.31 Å². The summed E-state index contributed by atoms with van der Waals surface area (Å²) in [5.74, 6) is 4.01. The molecule has 7 rings (SSSR count). The first-order chi connectivity index (χ1) is 22.4. The van der Waals surface area contributed by atoms with E-state index in [0.717, 1.165) is 52.5 Å². The molecule has 234 valence electrons. The largest absolute Gasteiger partial charge is 0.487 e. The molecule has 3 heterocycles. The Morgan fingerprint density at radius 1 is 0.609 bits per heavy atom. The van der Waals surface area contributed by atoms with Gasteiger partial charge in [-0.15, -0.1) is 0 Å². The summed E-state index contributed by atoms with van der Waals surface area (Å²) in [5.41, 5.74) is 3.38. The van der Waals surface area contributed by atoms with E-state index in [4.69, 9.17) is 9.31 Å². The Morgan fingerprint density at radius 3 is 1.37 bits per heavy atom. The van der Waals surface area contributed by atoms with Crippen LogP contribution in [0.4, 0.5) is 0 Å². The molecule has 46 heavy (non-hydrogen) atoms. The Hall–Kier alpha value is -3.11. The molecule has 0 aliphatic carbocycles. The van der Waals surface area contributed by atoms with Crippen LogP contribution in [0.2, 0.25) is 37.2 Å². The molecule has 3 aliphatic rings. The zero-order valence-corrected chi connectivity index (χ0v) is 28.9. The van der Waals surface area contributed by atoms with E-state index in [9.17, 15) is 0 Å². The Balaban J connectivity index is 1.35. The Kier molecular flexibility index (Phi) is 9.02. The average molecular weight is 623 g/mol. The molecule has 4 aromatic carbocycles. The first kappa shape index (κ1) is 31.5. The molecule has 4 aromatic rings. The number of allylic oxidation sites excluding steroid dienone is 1. The number of fused-ring (bicyclic) bond motifs is 3. The van der Waals surface area contributed by atoms with Gasteiger partial charge in [0.05, 0.1) is 0 Å². The van der Waals surface area contributed by atoms with Crippen LogP contribution in [0.1, 0.15) is 60.8 Å². The second-order valence-corrected chi connectivity index (χ2v) is 20.4. The molecule has 0 unspecified atom stereocenters. The number of hydrogen-bond donors (Lipinski definition) is 0. The van der Waals surface area contributed by atoms with Crippen LogP contribution in [0.25, 0.3) is 0 Å². The highest BCUT2D eigenvalue weighted by molar-refractivity contribution is 6.90. The van der Waals surface area contributed by atoms with E-state index in [1.807, 2.05) is 0 Å². The molecule has 5 heteroatoms. The topological polar surface area (TPSA) is 18.5 Å². The third-order valence-corrected chi connectivity index (χ3v) is 14.3. The van der Waals surface area contributed by atoms with Crippen LogP contribution < -0.4 is 0 Å². The standard InChI is InChI=1S/C41H48B2O2Si/c1-46(2,3)39-33-19-16-29-38(30-17-20-33)42(39)31-18-32-43-44-40(34-21-8-4-9-22-34,35-23-10-5-11-24-35)41(45-43,36-25-12-6-13-26-36)37-27-14-7-15-28-37/h4-15,18,21-28,32-33,38-39H,16-17,19-20,29-31H2,1-3H3/b32-18-/t33?,38?,39-/m1/s1. The smallest absolute Gasteiger partial charge is 0.390 e. The minimum absolute atomic E-state index is 0.517. The first-order valence-corrected chi connectivity index (χ1v) is 21.3. The van der Waals surface area contributed by atoms with E-state index in [1.54, 1.807) is 0 Å². The van der Waals surface area contributed by atoms with Crippen LogP contribution in [0.15, 0.2) is 133 Å². The van der Waals surface area contributed by atoms with Crippen molar-refractivity contribution in [2.24, 2.45) is 5.92 Å². The first-order valence-electron chi connectivity index (χ1n) is 17.7.